The van der Waals surface area contributed by atoms with Crippen molar-refractivity contribution in [2.75, 3.05) is 0 Å². The van der Waals surface area contributed by atoms with Gasteiger partial charge >= 0.3 is 0 Å². The highest BCUT2D eigenvalue weighted by atomic mass is 28.3. The van der Waals surface area contributed by atoms with Crippen LogP contribution in [0.2, 0.25) is 19.6 Å². The Labute approximate surface area is 273 Å². The van der Waals surface area contributed by atoms with Gasteiger partial charge in [-0.15, -0.1) is 0 Å². The van der Waals surface area contributed by atoms with E-state index in [1.165, 1.54) is 27.7 Å². The Morgan fingerprint density at radius 2 is 1.47 bits per heavy atom. The molecule has 0 atom stereocenters. The van der Waals surface area contributed by atoms with Crippen molar-refractivity contribution in [2.24, 2.45) is 0 Å². The van der Waals surface area contributed by atoms with E-state index in [4.69, 9.17) is 13.5 Å². The molecule has 2 aromatic heterocycles. The Hall–Kier alpha value is -4.21. The summed E-state index contributed by atoms with van der Waals surface area (Å²) in [5, 5.41) is 7.76. The van der Waals surface area contributed by atoms with Crippen LogP contribution >= 0.6 is 0 Å². The van der Waals surface area contributed by atoms with E-state index in [-0.39, 0.29) is 16.9 Å². The van der Waals surface area contributed by atoms with Gasteiger partial charge in [-0.05, 0) is 86.4 Å². The molecule has 2 nitrogen and oxygen atoms in total. The highest BCUT2D eigenvalue weighted by molar-refractivity contribution is 6.88. The zero-order valence-corrected chi connectivity index (χ0v) is 28.5. The number of nitrogens with zero attached hydrogens (tertiary/aromatic N) is 1. The normalized spacial score (nSPS) is 14.3. The summed E-state index contributed by atoms with van der Waals surface area (Å²) >= 11 is 0. The predicted molar refractivity (Wildman–Crippen MR) is 198 cm³/mol. The maximum Gasteiger partial charge on any atom is 0.144 e. The quantitative estimate of drug-likeness (QED) is 0.147. The number of furan rings is 1. The van der Waals surface area contributed by atoms with Crippen molar-refractivity contribution >= 4 is 56.7 Å². The molecule has 3 heteroatoms. The van der Waals surface area contributed by atoms with Crippen LogP contribution in [0.4, 0.5) is 0 Å². The van der Waals surface area contributed by atoms with E-state index in [2.05, 4.69) is 109 Å². The Morgan fingerprint density at radius 1 is 0.756 bits per heavy atom. The smallest absolute Gasteiger partial charge is 0.144 e. The number of aryl methyl sites for hydroxylation is 1. The van der Waals surface area contributed by atoms with Crippen molar-refractivity contribution in [1.29, 1.82) is 0 Å². The van der Waals surface area contributed by atoms with E-state index >= 15 is 0 Å². The van der Waals surface area contributed by atoms with Gasteiger partial charge in [-0.3, -0.25) is 4.98 Å². The molecule has 0 unspecified atom stereocenters. The highest BCUT2D eigenvalue weighted by Crippen LogP contribution is 2.41. The maximum absolute atomic E-state index is 9.22. The second-order valence-electron chi connectivity index (χ2n) is 14.8. The fourth-order valence-corrected chi connectivity index (χ4v) is 7.61. The summed E-state index contributed by atoms with van der Waals surface area (Å²) in [4.78, 5) is 4.74. The fraction of sp³-hybridized carbons (Fsp3) is 0.262. The van der Waals surface area contributed by atoms with Crippen molar-refractivity contribution in [3.05, 3.63) is 108 Å². The summed E-state index contributed by atoms with van der Waals surface area (Å²) in [6, 6.07) is 27.8. The molecule has 0 spiro atoms. The SMILES string of the molecule is [2H]c1cc([Si](C)(C)C)cc(C(C)C)c1-c1cc(-c2cccc3c2oc2c3ccc3c4ccc(C(C)(C)C)cc4ccc32)ncc1C([2H])([2H])[2H]. The second kappa shape index (κ2) is 10.4. The zero-order chi connectivity index (χ0) is 35.2. The number of aromatic nitrogens is 1. The van der Waals surface area contributed by atoms with Gasteiger partial charge in [0.25, 0.3) is 0 Å². The first-order chi connectivity index (χ1) is 22.9. The molecule has 0 saturated carbocycles. The van der Waals surface area contributed by atoms with Gasteiger partial charge in [-0.25, -0.2) is 0 Å². The molecular weight excluding hydrogens is 563 g/mol. The molecule has 45 heavy (non-hydrogen) atoms. The van der Waals surface area contributed by atoms with Crippen LogP contribution in [-0.2, 0) is 5.41 Å². The average molecular weight is 610 g/mol. The fourth-order valence-electron chi connectivity index (χ4n) is 6.52. The van der Waals surface area contributed by atoms with Gasteiger partial charge < -0.3 is 4.42 Å². The number of hydrogen-bond donors (Lipinski definition) is 0. The summed E-state index contributed by atoms with van der Waals surface area (Å²) in [6.45, 7) is 15.3. The molecule has 0 aliphatic carbocycles. The topological polar surface area (TPSA) is 26.0 Å². The third kappa shape index (κ3) is 4.98. The van der Waals surface area contributed by atoms with Crippen molar-refractivity contribution in [1.82, 2.24) is 4.98 Å². The predicted octanol–water partition coefficient (Wildman–Crippen LogP) is 11.9. The van der Waals surface area contributed by atoms with E-state index in [0.29, 0.717) is 28.4 Å². The first-order valence-electron chi connectivity index (χ1n) is 17.9. The van der Waals surface area contributed by atoms with Gasteiger partial charge in [0.2, 0.25) is 0 Å². The third-order valence-electron chi connectivity index (χ3n) is 9.25. The molecule has 0 aliphatic heterocycles. The van der Waals surface area contributed by atoms with E-state index in [1.807, 2.05) is 24.3 Å². The molecule has 5 aromatic carbocycles. The van der Waals surface area contributed by atoms with Crippen LogP contribution in [0.5, 0.6) is 0 Å². The van der Waals surface area contributed by atoms with Gasteiger partial charge in [0.15, 0.2) is 0 Å². The molecule has 0 bridgehead atoms. The number of hydrogen-bond acceptors (Lipinski definition) is 2. The van der Waals surface area contributed by atoms with Gasteiger partial charge in [-0.2, -0.15) is 0 Å². The van der Waals surface area contributed by atoms with E-state index in [1.54, 1.807) is 0 Å². The Kier molecular flexibility index (Phi) is 5.80. The first-order valence-corrected chi connectivity index (χ1v) is 19.4. The largest absolute Gasteiger partial charge is 0.455 e. The number of benzene rings is 5. The summed E-state index contributed by atoms with van der Waals surface area (Å²) in [7, 11) is -1.73. The standard InChI is InChI=1S/C42H43NOSi/c1-25(2)37-22-29(45(7,8)9)15-18-32(37)38-23-39(43-24-26(38)3)36-12-10-11-33-35-20-19-31-30-17-14-28(42(4,5)6)21-27(30)13-16-34(31)40(35)44-41(33)36/h10-25H,1-9H3/i3D3,18D. The van der Waals surface area contributed by atoms with E-state index in [9.17, 15) is 1.37 Å². The molecule has 2 heterocycles. The van der Waals surface area contributed by atoms with Crippen LogP contribution in [-0.4, -0.2) is 13.1 Å². The van der Waals surface area contributed by atoms with E-state index in [0.717, 1.165) is 38.3 Å². The second-order valence-corrected chi connectivity index (χ2v) is 19.9. The minimum atomic E-state index is -2.40. The zero-order valence-electron chi connectivity index (χ0n) is 31.5. The third-order valence-corrected chi connectivity index (χ3v) is 11.3. The number of rotatable bonds is 4. The lowest BCUT2D eigenvalue weighted by Crippen LogP contribution is -2.37. The number of para-hydroxylation sites is 1. The molecule has 0 radical (unpaired) electrons. The summed E-state index contributed by atoms with van der Waals surface area (Å²) < 4.78 is 41.3. The van der Waals surface area contributed by atoms with Crippen LogP contribution in [0.15, 0.2) is 95.5 Å². The van der Waals surface area contributed by atoms with Crippen molar-refractivity contribution < 1.29 is 9.90 Å². The average Bonchev–Trinajstić information content (AvgIpc) is 3.41. The molecule has 7 rings (SSSR count). The summed E-state index contributed by atoms with van der Waals surface area (Å²) in [5.74, 6) is 0.0969. The molecule has 0 N–H and O–H groups in total. The minimum Gasteiger partial charge on any atom is -0.455 e. The molecular formula is C42H43NOSi. The van der Waals surface area contributed by atoms with Crippen molar-refractivity contribution in [2.45, 2.75) is 72.4 Å². The molecule has 226 valence electrons. The van der Waals surface area contributed by atoms with Crippen molar-refractivity contribution in [3.8, 4) is 22.4 Å². The minimum absolute atomic E-state index is 0.0633. The lowest BCUT2D eigenvalue weighted by Gasteiger charge is -2.22. The molecule has 0 fully saturated rings. The van der Waals surface area contributed by atoms with Crippen LogP contribution < -0.4 is 5.19 Å². The van der Waals surface area contributed by atoms with Crippen LogP contribution in [0.3, 0.4) is 0 Å². The van der Waals surface area contributed by atoms with Gasteiger partial charge in [0, 0.05) is 32.0 Å². The van der Waals surface area contributed by atoms with Gasteiger partial charge in [-0.1, -0.05) is 120 Å². The number of pyridine rings is 1. The van der Waals surface area contributed by atoms with Gasteiger partial charge in [0.1, 0.15) is 11.2 Å². The van der Waals surface area contributed by atoms with Crippen LogP contribution in [0.25, 0.3) is 65.9 Å². The van der Waals surface area contributed by atoms with E-state index < -0.39 is 14.9 Å². The van der Waals surface area contributed by atoms with Gasteiger partial charge in [0.05, 0.1) is 15.1 Å². The highest BCUT2D eigenvalue weighted by Gasteiger charge is 2.22. The molecule has 0 saturated heterocycles. The maximum atomic E-state index is 9.22. The summed E-state index contributed by atoms with van der Waals surface area (Å²) in [6.07, 6.45) is 1.47. The Balaban J connectivity index is 1.46. The molecule has 0 aliphatic rings. The van der Waals surface area contributed by atoms with Crippen molar-refractivity contribution in [3.63, 3.8) is 0 Å². The molecule has 0 amide bonds. The first kappa shape index (κ1) is 25.0. The lowest BCUT2D eigenvalue weighted by atomic mass is 9.85. The van der Waals surface area contributed by atoms with Crippen LogP contribution in [0.1, 0.15) is 62.7 Å². The number of fused-ring (bicyclic) bond motifs is 7. The lowest BCUT2D eigenvalue weighted by molar-refractivity contribution is 0.591. The Morgan fingerprint density at radius 3 is 2.20 bits per heavy atom. The molecule has 7 aromatic rings. The van der Waals surface area contributed by atoms with Crippen LogP contribution in [0, 0.1) is 6.85 Å². The monoisotopic (exact) mass is 609 g/mol. The summed E-state index contributed by atoms with van der Waals surface area (Å²) in [5.41, 5.74) is 6.61. The Bertz CT molecular complexity index is 2440.